The first-order valence-electron chi connectivity index (χ1n) is 8.61. The molecule has 1 spiro atoms. The molecule has 0 saturated carbocycles. The zero-order valence-electron chi connectivity index (χ0n) is 15.8. The van der Waals surface area contributed by atoms with Gasteiger partial charge in [-0.1, -0.05) is 13.8 Å². The van der Waals surface area contributed by atoms with Crippen molar-refractivity contribution < 1.29 is 33.7 Å². The van der Waals surface area contributed by atoms with Gasteiger partial charge in [-0.25, -0.2) is 9.59 Å². The smallest absolute Gasteiger partial charge is 0.338 e. The third-order valence-corrected chi connectivity index (χ3v) is 5.46. The first kappa shape index (κ1) is 20.1. The van der Waals surface area contributed by atoms with E-state index in [1.807, 2.05) is 27.7 Å². The Morgan fingerprint density at radius 1 is 1.04 bits per heavy atom. The highest BCUT2D eigenvalue weighted by atomic mass is 16.8. The molecule has 2 heterocycles. The van der Waals surface area contributed by atoms with Crippen molar-refractivity contribution in [1.82, 2.24) is 5.06 Å². The van der Waals surface area contributed by atoms with Gasteiger partial charge in [0.2, 0.25) is 0 Å². The maximum Gasteiger partial charge on any atom is 0.338 e. The molecule has 2 atom stereocenters. The highest BCUT2D eigenvalue weighted by molar-refractivity contribution is 5.86. The van der Waals surface area contributed by atoms with Gasteiger partial charge in [0, 0.05) is 18.4 Å². The van der Waals surface area contributed by atoms with E-state index < -0.39 is 41.0 Å². The molecular weight excluding hydrogens is 330 g/mol. The van der Waals surface area contributed by atoms with Gasteiger partial charge in [-0.2, -0.15) is 5.06 Å². The van der Waals surface area contributed by atoms with Gasteiger partial charge in [0.15, 0.2) is 18.0 Å². The summed E-state index contributed by atoms with van der Waals surface area (Å²) < 4.78 is 21.5. The Kier molecular flexibility index (Phi) is 5.49. The van der Waals surface area contributed by atoms with Gasteiger partial charge in [-0.3, -0.25) is 0 Å². The first-order valence-corrected chi connectivity index (χ1v) is 8.61. The third kappa shape index (κ3) is 3.28. The highest BCUT2D eigenvalue weighted by Crippen LogP contribution is 2.51. The van der Waals surface area contributed by atoms with E-state index in [0.29, 0.717) is 25.7 Å². The first-order chi connectivity index (χ1) is 11.6. The maximum atomic E-state index is 12.1. The van der Waals surface area contributed by atoms with Crippen LogP contribution in [0.3, 0.4) is 0 Å². The van der Waals surface area contributed by atoms with Crippen LogP contribution in [0.25, 0.3) is 0 Å². The van der Waals surface area contributed by atoms with Crippen molar-refractivity contribution in [3.8, 4) is 0 Å². The molecule has 0 aromatic heterocycles. The van der Waals surface area contributed by atoms with E-state index in [-0.39, 0.29) is 0 Å². The molecule has 2 fully saturated rings. The Morgan fingerprint density at radius 3 is 1.84 bits per heavy atom. The fraction of sp³-hybridized carbons (Fsp3) is 0.882. The number of carbonyl (C=O) groups excluding carboxylic acids is 2. The summed E-state index contributed by atoms with van der Waals surface area (Å²) in [6.45, 7) is 7.71. The summed E-state index contributed by atoms with van der Waals surface area (Å²) in [5, 5.41) is 12.1. The number of methoxy groups -OCH3 is 2. The quantitative estimate of drug-likeness (QED) is 0.757. The molecule has 0 amide bonds. The summed E-state index contributed by atoms with van der Waals surface area (Å²) in [5.41, 5.74) is -1.26. The minimum absolute atomic E-state index is 0.291. The zero-order chi connectivity index (χ0) is 19.0. The standard InChI is InChI=1S/C17H29NO7/c1-7-16(8-2)10-17(9-15(3,4)18(16)21)24-11(13(19)22-5)12(25-17)14(20)23-6/h11-12,21H,7-10H2,1-6H3. The second-order valence-electron chi connectivity index (χ2n) is 7.44. The molecule has 0 aliphatic carbocycles. The van der Waals surface area contributed by atoms with Gasteiger partial charge in [0.05, 0.1) is 19.8 Å². The SMILES string of the molecule is CCC1(CC)CC2(CC(C)(C)N1O)OC(C(=O)OC)C(C(=O)OC)O2. The number of esters is 2. The van der Waals surface area contributed by atoms with E-state index in [1.165, 1.54) is 19.3 Å². The largest absolute Gasteiger partial charge is 0.467 e. The van der Waals surface area contributed by atoms with Crippen molar-refractivity contribution in [3.05, 3.63) is 0 Å². The maximum absolute atomic E-state index is 12.1. The normalized spacial score (nSPS) is 34.0. The number of nitrogens with zero attached hydrogens (tertiary/aromatic N) is 1. The second-order valence-corrected chi connectivity index (χ2v) is 7.44. The van der Waals surface area contributed by atoms with Gasteiger partial charge < -0.3 is 24.2 Å². The van der Waals surface area contributed by atoms with E-state index in [9.17, 15) is 14.8 Å². The number of carbonyl (C=O) groups is 2. The van der Waals surface area contributed by atoms with Crippen molar-refractivity contribution in [1.29, 1.82) is 0 Å². The van der Waals surface area contributed by atoms with E-state index in [2.05, 4.69) is 0 Å². The lowest BCUT2D eigenvalue weighted by Gasteiger charge is -2.56. The molecular formula is C17H29NO7. The minimum atomic E-state index is -1.19. The summed E-state index contributed by atoms with van der Waals surface area (Å²) in [6.07, 6.45) is -0.449. The van der Waals surface area contributed by atoms with E-state index in [4.69, 9.17) is 18.9 Å². The number of hydrogen-bond acceptors (Lipinski definition) is 8. The van der Waals surface area contributed by atoms with E-state index >= 15 is 0 Å². The van der Waals surface area contributed by atoms with Gasteiger partial charge in [0.1, 0.15) is 0 Å². The molecule has 8 heteroatoms. The van der Waals surface area contributed by atoms with Gasteiger partial charge in [-0.05, 0) is 26.7 Å². The van der Waals surface area contributed by atoms with Crippen LogP contribution in [-0.2, 0) is 28.5 Å². The lowest BCUT2D eigenvalue weighted by Crippen LogP contribution is -2.66. The van der Waals surface area contributed by atoms with Crippen LogP contribution in [0.1, 0.15) is 53.4 Å². The molecule has 0 bridgehead atoms. The number of ether oxygens (including phenoxy) is 4. The number of piperidine rings is 1. The summed E-state index contributed by atoms with van der Waals surface area (Å²) in [4.78, 5) is 24.2. The summed E-state index contributed by atoms with van der Waals surface area (Å²) in [6, 6.07) is 0. The fourth-order valence-electron chi connectivity index (χ4n) is 4.17. The molecule has 0 aromatic rings. The lowest BCUT2D eigenvalue weighted by molar-refractivity contribution is -0.328. The summed E-state index contributed by atoms with van der Waals surface area (Å²) in [7, 11) is 2.46. The average molecular weight is 359 g/mol. The number of hydroxylamine groups is 2. The molecule has 2 aliphatic rings. The monoisotopic (exact) mass is 359 g/mol. The predicted molar refractivity (Wildman–Crippen MR) is 86.8 cm³/mol. The van der Waals surface area contributed by atoms with E-state index in [1.54, 1.807) is 0 Å². The number of hydrogen-bond donors (Lipinski definition) is 1. The average Bonchev–Trinajstić information content (AvgIpc) is 2.95. The van der Waals surface area contributed by atoms with Gasteiger partial charge >= 0.3 is 11.9 Å². The molecule has 0 aromatic carbocycles. The van der Waals surface area contributed by atoms with Crippen LogP contribution in [0.4, 0.5) is 0 Å². The topological polar surface area (TPSA) is 94.5 Å². The molecule has 2 saturated heterocycles. The van der Waals surface area contributed by atoms with Crippen LogP contribution in [0.15, 0.2) is 0 Å². The third-order valence-electron chi connectivity index (χ3n) is 5.46. The highest BCUT2D eigenvalue weighted by Gasteiger charge is 2.63. The molecule has 8 nitrogen and oxygen atoms in total. The molecule has 0 radical (unpaired) electrons. The van der Waals surface area contributed by atoms with Crippen molar-refractivity contribution in [2.45, 2.75) is 82.5 Å². The van der Waals surface area contributed by atoms with Crippen LogP contribution in [0.5, 0.6) is 0 Å². The summed E-state index contributed by atoms with van der Waals surface area (Å²) >= 11 is 0. The van der Waals surface area contributed by atoms with Crippen LogP contribution in [0.2, 0.25) is 0 Å². The van der Waals surface area contributed by atoms with Crippen LogP contribution >= 0.6 is 0 Å². The van der Waals surface area contributed by atoms with Gasteiger partial charge in [0.25, 0.3) is 0 Å². The lowest BCUT2D eigenvalue weighted by atomic mass is 9.73. The summed E-state index contributed by atoms with van der Waals surface area (Å²) in [5.74, 6) is -2.54. The molecule has 2 aliphatic heterocycles. The molecule has 2 unspecified atom stereocenters. The Morgan fingerprint density at radius 2 is 1.48 bits per heavy atom. The fourth-order valence-corrected chi connectivity index (χ4v) is 4.17. The molecule has 25 heavy (non-hydrogen) atoms. The molecule has 2 rings (SSSR count). The van der Waals surface area contributed by atoms with Crippen molar-refractivity contribution in [3.63, 3.8) is 0 Å². The van der Waals surface area contributed by atoms with Crippen LogP contribution in [0, 0.1) is 0 Å². The Labute approximate surface area is 148 Å². The minimum Gasteiger partial charge on any atom is -0.467 e. The van der Waals surface area contributed by atoms with Crippen molar-refractivity contribution >= 4 is 11.9 Å². The van der Waals surface area contributed by atoms with Crippen molar-refractivity contribution in [2.75, 3.05) is 14.2 Å². The van der Waals surface area contributed by atoms with Crippen LogP contribution < -0.4 is 0 Å². The predicted octanol–water partition coefficient (Wildman–Crippen LogP) is 1.64. The Hall–Kier alpha value is -1.22. The van der Waals surface area contributed by atoms with Crippen LogP contribution in [-0.4, -0.2) is 65.5 Å². The second kappa shape index (κ2) is 6.83. The molecule has 144 valence electrons. The molecule has 1 N–H and O–H groups in total. The van der Waals surface area contributed by atoms with Crippen molar-refractivity contribution in [2.24, 2.45) is 0 Å². The Balaban J connectivity index is 2.42. The van der Waals surface area contributed by atoms with Gasteiger partial charge in [-0.15, -0.1) is 0 Å². The zero-order valence-corrected chi connectivity index (χ0v) is 15.8. The number of rotatable bonds is 4. The van der Waals surface area contributed by atoms with E-state index in [0.717, 1.165) is 0 Å². The Bertz CT molecular complexity index is 505.